The molecule has 0 N–H and O–H groups in total. The Morgan fingerprint density at radius 3 is 2.63 bits per heavy atom. The zero-order chi connectivity index (χ0) is 24.2. The van der Waals surface area contributed by atoms with Gasteiger partial charge in [-0.05, 0) is 73.5 Å². The number of rotatable bonds is 7. The van der Waals surface area contributed by atoms with Crippen LogP contribution < -0.4 is 0 Å². The fourth-order valence-electron chi connectivity index (χ4n) is 5.17. The number of hydrogen-bond acceptors (Lipinski definition) is 4. The van der Waals surface area contributed by atoms with E-state index in [0.717, 1.165) is 49.1 Å². The van der Waals surface area contributed by atoms with E-state index < -0.39 is 0 Å². The van der Waals surface area contributed by atoms with Crippen LogP contribution in [0, 0.1) is 11.7 Å². The Morgan fingerprint density at radius 1 is 1.09 bits per heavy atom. The molecule has 1 atom stereocenters. The summed E-state index contributed by atoms with van der Waals surface area (Å²) in [6.07, 6.45) is 2.46. The number of fused-ring (bicyclic) bond motifs is 1. The molecule has 1 saturated heterocycles. The molecule has 3 heterocycles. The molecule has 1 fully saturated rings. The molecule has 0 spiro atoms. The second-order valence-corrected chi connectivity index (χ2v) is 10.2. The summed E-state index contributed by atoms with van der Waals surface area (Å²) in [7, 11) is 1.87. The van der Waals surface area contributed by atoms with Crippen molar-refractivity contribution < 1.29 is 9.18 Å². The Kier molecular flexibility index (Phi) is 7.21. The van der Waals surface area contributed by atoms with Gasteiger partial charge in [-0.3, -0.25) is 14.7 Å². The SMILES string of the molecule is CN(C(=O)c1ccsc1)C(Cc1ccccc1F)C1CCN(Cc2ccc3ccccc3n2)CC1. The first-order valence-electron chi connectivity index (χ1n) is 12.2. The first-order valence-corrected chi connectivity index (χ1v) is 13.1. The normalized spacial score (nSPS) is 15.8. The summed E-state index contributed by atoms with van der Waals surface area (Å²) < 4.78 is 14.6. The van der Waals surface area contributed by atoms with Gasteiger partial charge in [0.1, 0.15) is 5.82 Å². The van der Waals surface area contributed by atoms with E-state index in [4.69, 9.17) is 4.98 Å². The first kappa shape index (κ1) is 23.6. The molecule has 0 bridgehead atoms. The number of carbonyl (C=O) groups is 1. The number of aromatic nitrogens is 1. The number of carbonyl (C=O) groups excluding carboxylic acids is 1. The van der Waals surface area contributed by atoms with Crippen LogP contribution in [0.1, 0.15) is 34.5 Å². The van der Waals surface area contributed by atoms with Crippen LogP contribution in [0.25, 0.3) is 10.9 Å². The molecule has 2 aromatic heterocycles. The molecule has 1 amide bonds. The number of para-hydroxylation sites is 1. The number of piperidine rings is 1. The maximum absolute atomic E-state index is 14.6. The van der Waals surface area contributed by atoms with Gasteiger partial charge in [-0.1, -0.05) is 42.5 Å². The van der Waals surface area contributed by atoms with Crippen LogP contribution in [0.3, 0.4) is 0 Å². The number of likely N-dealkylation sites (N-methyl/N-ethyl adjacent to an activating group) is 1. The van der Waals surface area contributed by atoms with Crippen molar-refractivity contribution in [2.24, 2.45) is 5.92 Å². The smallest absolute Gasteiger partial charge is 0.254 e. The van der Waals surface area contributed by atoms with Crippen LogP contribution in [-0.2, 0) is 13.0 Å². The van der Waals surface area contributed by atoms with Crippen LogP contribution in [0.15, 0.2) is 77.5 Å². The van der Waals surface area contributed by atoms with E-state index >= 15 is 0 Å². The summed E-state index contributed by atoms with van der Waals surface area (Å²) in [4.78, 5) is 22.3. The second kappa shape index (κ2) is 10.7. The van der Waals surface area contributed by atoms with Crippen LogP contribution in [0.2, 0.25) is 0 Å². The van der Waals surface area contributed by atoms with Gasteiger partial charge in [-0.2, -0.15) is 11.3 Å². The highest BCUT2D eigenvalue weighted by Gasteiger charge is 2.32. The van der Waals surface area contributed by atoms with Crippen molar-refractivity contribution in [2.75, 3.05) is 20.1 Å². The molecule has 0 saturated carbocycles. The molecule has 4 aromatic rings. The number of likely N-dealkylation sites (tertiary alicyclic amines) is 1. The highest BCUT2D eigenvalue weighted by Crippen LogP contribution is 2.29. The van der Waals surface area contributed by atoms with Gasteiger partial charge in [0.2, 0.25) is 0 Å². The predicted octanol–water partition coefficient (Wildman–Crippen LogP) is 6.03. The van der Waals surface area contributed by atoms with Crippen LogP contribution in [0.5, 0.6) is 0 Å². The minimum atomic E-state index is -0.200. The second-order valence-electron chi connectivity index (χ2n) is 9.40. The fraction of sp³-hybridized carbons (Fsp3) is 0.310. The van der Waals surface area contributed by atoms with Crippen molar-refractivity contribution in [3.05, 3.63) is 100 Å². The highest BCUT2D eigenvalue weighted by molar-refractivity contribution is 7.08. The molecule has 4 nitrogen and oxygen atoms in total. The Bertz CT molecular complexity index is 1280. The lowest BCUT2D eigenvalue weighted by Gasteiger charge is -2.40. The van der Waals surface area contributed by atoms with E-state index in [0.29, 0.717) is 23.5 Å². The van der Waals surface area contributed by atoms with Gasteiger partial charge in [-0.25, -0.2) is 4.39 Å². The van der Waals surface area contributed by atoms with E-state index in [1.54, 1.807) is 6.07 Å². The first-order chi connectivity index (χ1) is 17.1. The quantitative estimate of drug-likeness (QED) is 0.319. The molecule has 1 unspecified atom stereocenters. The molecule has 1 aliphatic rings. The van der Waals surface area contributed by atoms with E-state index in [1.807, 2.05) is 53.0 Å². The number of thiophene rings is 1. The Labute approximate surface area is 210 Å². The lowest BCUT2D eigenvalue weighted by atomic mass is 9.84. The Balaban J connectivity index is 1.29. The highest BCUT2D eigenvalue weighted by atomic mass is 32.1. The third kappa shape index (κ3) is 5.44. The standard InChI is InChI=1S/C29H30FN3OS/c1-32(29(34)24-14-17-35-20-24)28(18-23-7-2-4-8-26(23)30)22-12-15-33(16-13-22)19-25-11-10-21-6-3-5-9-27(21)31-25/h2-11,14,17,20,22,28H,12-13,15-16,18-19H2,1H3. The molecule has 0 radical (unpaired) electrons. The lowest BCUT2D eigenvalue weighted by Crippen LogP contribution is -2.47. The molecular formula is C29H30FN3OS. The number of halogens is 1. The molecule has 35 heavy (non-hydrogen) atoms. The van der Waals surface area contributed by atoms with Gasteiger partial charge in [0.05, 0.1) is 16.8 Å². The predicted molar refractivity (Wildman–Crippen MR) is 140 cm³/mol. The molecule has 2 aromatic carbocycles. The summed E-state index contributed by atoms with van der Waals surface area (Å²) in [5.74, 6) is 0.118. The summed E-state index contributed by atoms with van der Waals surface area (Å²) in [6.45, 7) is 2.69. The van der Waals surface area contributed by atoms with E-state index in [1.165, 1.54) is 17.4 Å². The third-order valence-corrected chi connectivity index (χ3v) is 7.87. The van der Waals surface area contributed by atoms with E-state index in [2.05, 4.69) is 29.2 Å². The fourth-order valence-corrected chi connectivity index (χ4v) is 5.80. The van der Waals surface area contributed by atoms with Crippen molar-refractivity contribution in [1.82, 2.24) is 14.8 Å². The van der Waals surface area contributed by atoms with Crippen molar-refractivity contribution in [3.63, 3.8) is 0 Å². The van der Waals surface area contributed by atoms with Crippen LogP contribution >= 0.6 is 11.3 Å². The van der Waals surface area contributed by atoms with Crippen molar-refractivity contribution >= 4 is 28.1 Å². The third-order valence-electron chi connectivity index (χ3n) is 7.19. The topological polar surface area (TPSA) is 36.4 Å². The average Bonchev–Trinajstić information content (AvgIpc) is 3.43. The largest absolute Gasteiger partial charge is 0.338 e. The monoisotopic (exact) mass is 487 g/mol. The number of pyridine rings is 1. The minimum Gasteiger partial charge on any atom is -0.338 e. The van der Waals surface area contributed by atoms with Gasteiger partial charge in [0.25, 0.3) is 5.91 Å². The minimum absolute atomic E-state index is 0.00961. The van der Waals surface area contributed by atoms with E-state index in [9.17, 15) is 9.18 Å². The zero-order valence-electron chi connectivity index (χ0n) is 19.9. The molecular weight excluding hydrogens is 457 g/mol. The molecule has 6 heteroatoms. The van der Waals surface area contributed by atoms with Gasteiger partial charge >= 0.3 is 0 Å². The van der Waals surface area contributed by atoms with Gasteiger partial charge in [0, 0.05) is 30.4 Å². The molecule has 180 valence electrons. The number of nitrogens with zero attached hydrogens (tertiary/aromatic N) is 3. The lowest BCUT2D eigenvalue weighted by molar-refractivity contribution is 0.0583. The summed E-state index contributed by atoms with van der Waals surface area (Å²) in [5, 5.41) is 4.97. The van der Waals surface area contributed by atoms with Crippen LogP contribution in [-0.4, -0.2) is 46.9 Å². The molecule has 1 aliphatic heterocycles. The van der Waals surface area contributed by atoms with E-state index in [-0.39, 0.29) is 17.8 Å². The zero-order valence-corrected chi connectivity index (χ0v) is 20.8. The van der Waals surface area contributed by atoms with Gasteiger partial charge in [0.15, 0.2) is 0 Å². The van der Waals surface area contributed by atoms with Crippen molar-refractivity contribution in [3.8, 4) is 0 Å². The summed E-state index contributed by atoms with van der Waals surface area (Å²) in [5.41, 5.74) is 3.48. The Morgan fingerprint density at radius 2 is 1.86 bits per heavy atom. The maximum atomic E-state index is 14.6. The summed E-state index contributed by atoms with van der Waals surface area (Å²) >= 11 is 1.52. The average molecular weight is 488 g/mol. The number of benzene rings is 2. The van der Waals surface area contributed by atoms with Gasteiger partial charge < -0.3 is 4.90 Å². The molecule has 5 rings (SSSR count). The van der Waals surface area contributed by atoms with Crippen molar-refractivity contribution in [2.45, 2.75) is 31.8 Å². The van der Waals surface area contributed by atoms with Crippen LogP contribution in [0.4, 0.5) is 4.39 Å². The molecule has 0 aliphatic carbocycles. The number of amides is 1. The maximum Gasteiger partial charge on any atom is 0.254 e. The Hall–Kier alpha value is -3.09. The van der Waals surface area contributed by atoms with Gasteiger partial charge in [-0.15, -0.1) is 0 Å². The summed E-state index contributed by atoms with van der Waals surface area (Å²) in [6, 6.07) is 21.2. The van der Waals surface area contributed by atoms with Crippen molar-refractivity contribution in [1.29, 1.82) is 0 Å². The number of hydrogen-bond donors (Lipinski definition) is 0.